The largest absolute Gasteiger partial charge is 0.438 e. The average Bonchev–Trinajstić information content (AvgIpc) is 2.97. The molecule has 1 saturated heterocycles. The lowest BCUT2D eigenvalue weighted by Gasteiger charge is -2.16. The number of nitrogens with zero attached hydrogens (tertiary/aromatic N) is 3. The van der Waals surface area contributed by atoms with Crippen molar-refractivity contribution >= 4 is 45.9 Å². The number of ether oxygens (including phenoxy) is 1. The van der Waals surface area contributed by atoms with E-state index in [1.54, 1.807) is 31.4 Å². The molecule has 1 fully saturated rings. The zero-order valence-corrected chi connectivity index (χ0v) is 19.2. The Morgan fingerprint density at radius 2 is 1.97 bits per heavy atom. The Kier molecular flexibility index (Phi) is 5.68. The van der Waals surface area contributed by atoms with Gasteiger partial charge in [0.15, 0.2) is 0 Å². The summed E-state index contributed by atoms with van der Waals surface area (Å²) in [6.07, 6.45) is 3.17. The summed E-state index contributed by atoms with van der Waals surface area (Å²) >= 11 is 6.37. The highest BCUT2D eigenvalue weighted by molar-refractivity contribution is 8.26. The van der Waals surface area contributed by atoms with Gasteiger partial charge in [0.25, 0.3) is 11.5 Å². The van der Waals surface area contributed by atoms with E-state index in [0.717, 1.165) is 22.9 Å². The number of likely N-dealkylation sites (N-methyl/N-ethyl adjacent to an activating group) is 1. The van der Waals surface area contributed by atoms with Gasteiger partial charge in [-0.15, -0.1) is 0 Å². The van der Waals surface area contributed by atoms with Crippen molar-refractivity contribution in [3.8, 4) is 11.6 Å². The van der Waals surface area contributed by atoms with Gasteiger partial charge in [0.1, 0.15) is 21.3 Å². The van der Waals surface area contributed by atoms with Crippen LogP contribution in [0.1, 0.15) is 36.5 Å². The van der Waals surface area contributed by atoms with Gasteiger partial charge in [-0.2, -0.15) is 4.98 Å². The van der Waals surface area contributed by atoms with Crippen LogP contribution in [0.15, 0.2) is 52.3 Å². The van der Waals surface area contributed by atoms with Gasteiger partial charge < -0.3 is 4.74 Å². The zero-order chi connectivity index (χ0) is 22.3. The van der Waals surface area contributed by atoms with Gasteiger partial charge in [0, 0.05) is 13.2 Å². The maximum atomic E-state index is 13.3. The first-order valence-corrected chi connectivity index (χ1v) is 11.0. The number of carbonyl (C=O) groups excluding carboxylic acids is 1. The molecule has 0 N–H and O–H groups in total. The van der Waals surface area contributed by atoms with Gasteiger partial charge >= 0.3 is 0 Å². The average molecular weight is 452 g/mol. The van der Waals surface area contributed by atoms with E-state index in [1.807, 2.05) is 25.1 Å². The van der Waals surface area contributed by atoms with E-state index in [1.165, 1.54) is 15.4 Å². The van der Waals surface area contributed by atoms with Crippen molar-refractivity contribution in [2.75, 3.05) is 7.05 Å². The van der Waals surface area contributed by atoms with Crippen molar-refractivity contribution in [3.63, 3.8) is 0 Å². The molecule has 0 spiro atoms. The minimum atomic E-state index is -0.319. The van der Waals surface area contributed by atoms with E-state index in [2.05, 4.69) is 18.8 Å². The lowest BCUT2D eigenvalue weighted by atomic mass is 10.0. The van der Waals surface area contributed by atoms with Crippen LogP contribution in [0.25, 0.3) is 11.7 Å². The molecule has 4 rings (SSSR count). The summed E-state index contributed by atoms with van der Waals surface area (Å²) in [6.45, 7) is 6.13. The van der Waals surface area contributed by atoms with Crippen LogP contribution in [0.3, 0.4) is 0 Å². The minimum absolute atomic E-state index is 0.157. The van der Waals surface area contributed by atoms with Gasteiger partial charge in [0.2, 0.25) is 5.88 Å². The quantitative estimate of drug-likeness (QED) is 0.421. The Hall–Kier alpha value is -2.97. The molecule has 0 unspecified atom stereocenters. The molecule has 3 heterocycles. The molecule has 0 saturated carbocycles. The number of hydrogen-bond acceptors (Lipinski definition) is 6. The van der Waals surface area contributed by atoms with Crippen LogP contribution in [-0.4, -0.2) is 31.6 Å². The van der Waals surface area contributed by atoms with Crippen molar-refractivity contribution < 1.29 is 9.53 Å². The summed E-state index contributed by atoms with van der Waals surface area (Å²) in [5.41, 5.74) is 2.38. The molecule has 158 valence electrons. The second kappa shape index (κ2) is 8.28. The van der Waals surface area contributed by atoms with E-state index >= 15 is 0 Å². The van der Waals surface area contributed by atoms with Crippen molar-refractivity contribution in [2.24, 2.45) is 0 Å². The Bertz CT molecular complexity index is 1310. The molecule has 1 aliphatic heterocycles. The number of aromatic nitrogens is 2. The topological polar surface area (TPSA) is 63.9 Å². The predicted octanol–water partition coefficient (Wildman–Crippen LogP) is 4.75. The number of thioether (sulfide) groups is 1. The molecular weight excluding hydrogens is 430 g/mol. The van der Waals surface area contributed by atoms with Crippen LogP contribution in [0.5, 0.6) is 11.6 Å². The molecular formula is C23H21N3O3S2. The summed E-state index contributed by atoms with van der Waals surface area (Å²) in [5, 5.41) is 0. The lowest BCUT2D eigenvalue weighted by molar-refractivity contribution is -0.121. The number of amides is 1. The third-order valence-electron chi connectivity index (χ3n) is 4.99. The summed E-state index contributed by atoms with van der Waals surface area (Å²) in [7, 11) is 1.61. The van der Waals surface area contributed by atoms with Gasteiger partial charge in [-0.1, -0.05) is 56.0 Å². The van der Waals surface area contributed by atoms with E-state index in [9.17, 15) is 9.59 Å². The van der Waals surface area contributed by atoms with Gasteiger partial charge in [-0.05, 0) is 48.2 Å². The van der Waals surface area contributed by atoms with Crippen LogP contribution >= 0.6 is 24.0 Å². The number of thiocarbonyl (C=S) groups is 1. The number of carbonyl (C=O) groups is 1. The number of fused-ring (bicyclic) bond motifs is 1. The molecule has 0 radical (unpaired) electrons. The Morgan fingerprint density at radius 1 is 1.19 bits per heavy atom. The molecule has 8 heteroatoms. The fraction of sp³-hybridized carbons (Fsp3) is 0.217. The van der Waals surface area contributed by atoms with Crippen molar-refractivity contribution in [1.29, 1.82) is 0 Å². The molecule has 1 aliphatic rings. The highest BCUT2D eigenvalue weighted by atomic mass is 32.2. The molecule has 31 heavy (non-hydrogen) atoms. The highest BCUT2D eigenvalue weighted by Gasteiger charge is 2.30. The Labute approximate surface area is 189 Å². The van der Waals surface area contributed by atoms with Crippen LogP contribution in [0.2, 0.25) is 0 Å². The van der Waals surface area contributed by atoms with Crippen LogP contribution < -0.4 is 10.3 Å². The lowest BCUT2D eigenvalue weighted by Crippen LogP contribution is -2.23. The number of hydrogen-bond donors (Lipinski definition) is 0. The van der Waals surface area contributed by atoms with E-state index in [4.69, 9.17) is 17.0 Å². The number of rotatable bonds is 4. The molecule has 1 amide bonds. The van der Waals surface area contributed by atoms with Crippen molar-refractivity contribution in [1.82, 2.24) is 14.3 Å². The van der Waals surface area contributed by atoms with Gasteiger partial charge in [-0.25, -0.2) is 0 Å². The summed E-state index contributed by atoms with van der Waals surface area (Å²) < 4.78 is 8.11. The van der Waals surface area contributed by atoms with Crippen LogP contribution in [0.4, 0.5) is 0 Å². The van der Waals surface area contributed by atoms with Crippen molar-refractivity contribution in [3.05, 3.63) is 74.5 Å². The minimum Gasteiger partial charge on any atom is -0.438 e. The Morgan fingerprint density at radius 3 is 2.65 bits per heavy atom. The van der Waals surface area contributed by atoms with E-state index in [-0.39, 0.29) is 28.8 Å². The summed E-state index contributed by atoms with van der Waals surface area (Å²) in [6, 6.07) is 11.3. The maximum Gasteiger partial charge on any atom is 0.269 e. The third kappa shape index (κ3) is 4.00. The van der Waals surface area contributed by atoms with E-state index in [0.29, 0.717) is 20.6 Å². The van der Waals surface area contributed by atoms with Crippen LogP contribution in [-0.2, 0) is 4.79 Å². The van der Waals surface area contributed by atoms with Crippen LogP contribution in [0, 0.1) is 6.92 Å². The first-order chi connectivity index (χ1) is 14.8. The molecule has 0 atom stereocenters. The fourth-order valence-corrected chi connectivity index (χ4v) is 4.43. The summed E-state index contributed by atoms with van der Waals surface area (Å²) in [5.74, 6) is 0.763. The maximum absolute atomic E-state index is 13.3. The number of benzene rings is 1. The molecule has 0 bridgehead atoms. The fourth-order valence-electron chi connectivity index (χ4n) is 3.27. The Balaban J connectivity index is 1.93. The second-order valence-corrected chi connectivity index (χ2v) is 9.28. The smallest absolute Gasteiger partial charge is 0.269 e. The zero-order valence-electron chi connectivity index (χ0n) is 17.6. The predicted molar refractivity (Wildman–Crippen MR) is 128 cm³/mol. The second-order valence-electron chi connectivity index (χ2n) is 7.60. The highest BCUT2D eigenvalue weighted by Crippen LogP contribution is 2.35. The first-order valence-electron chi connectivity index (χ1n) is 9.77. The molecule has 3 aromatic rings. The third-order valence-corrected chi connectivity index (χ3v) is 6.48. The molecule has 6 nitrogen and oxygen atoms in total. The standard InChI is InChI=1S/C23H21N3O3S2/c1-13(2)15-9-8-14(3)11-17(15)29-20-16(12-18-22(28)25(4)23(30)31-18)21(27)26-10-6-5-7-19(26)24-20/h5-13H,1-4H3/b18-12+. The van der Waals surface area contributed by atoms with Gasteiger partial charge in [-0.3, -0.25) is 18.9 Å². The van der Waals surface area contributed by atoms with Gasteiger partial charge in [0.05, 0.1) is 4.91 Å². The van der Waals surface area contributed by atoms with Crippen molar-refractivity contribution in [2.45, 2.75) is 26.7 Å². The first kappa shape index (κ1) is 21.3. The molecule has 0 aliphatic carbocycles. The molecule has 1 aromatic carbocycles. The summed E-state index contributed by atoms with van der Waals surface area (Å²) in [4.78, 5) is 32.2. The SMILES string of the molecule is Cc1ccc(C(C)C)c(Oc2nc3ccccn3c(=O)c2/C=C2/SC(=S)N(C)C2=O)c1. The van der Waals surface area contributed by atoms with E-state index < -0.39 is 0 Å². The number of pyridine rings is 1. The monoisotopic (exact) mass is 451 g/mol. The molecule has 2 aromatic heterocycles. The normalized spacial score (nSPS) is 15.5. The number of aryl methyl sites for hydroxylation is 1.